The number of carbonyl (C=O) groups excluding carboxylic acids is 2. The summed E-state index contributed by atoms with van der Waals surface area (Å²) in [4.78, 5) is 24.0. The molecule has 0 spiro atoms. The number of Topliss-reactive ketones (excluding diaryl/α,β-unsaturated/α-hetero) is 1. The smallest absolute Gasteiger partial charge is 0.338 e. The van der Waals surface area contributed by atoms with Crippen LogP contribution in [0.3, 0.4) is 0 Å². The minimum Gasteiger partial charge on any atom is -0.454 e. The van der Waals surface area contributed by atoms with Crippen LogP contribution in [0.15, 0.2) is 60.0 Å². The number of benzene rings is 2. The predicted molar refractivity (Wildman–Crippen MR) is 109 cm³/mol. The molecule has 0 fully saturated rings. The van der Waals surface area contributed by atoms with Gasteiger partial charge >= 0.3 is 5.97 Å². The third-order valence-electron chi connectivity index (χ3n) is 3.77. The molecule has 0 aliphatic carbocycles. The molecule has 0 saturated carbocycles. The van der Waals surface area contributed by atoms with E-state index in [1.54, 1.807) is 45.0 Å². The molecular weight excluding hydrogens is 378 g/mol. The van der Waals surface area contributed by atoms with Crippen molar-refractivity contribution in [1.29, 1.82) is 0 Å². The number of hydrogen-bond acceptors (Lipinski definition) is 5. The Morgan fingerprint density at radius 3 is 2.36 bits per heavy atom. The lowest BCUT2D eigenvalue weighted by molar-refractivity contribution is -0.129. The number of rotatable bonds is 7. The highest BCUT2D eigenvalue weighted by atomic mass is 32.2. The molecule has 7 heteroatoms. The molecule has 0 amide bonds. The van der Waals surface area contributed by atoms with Crippen LogP contribution in [0.25, 0.3) is 6.08 Å². The molecule has 0 aliphatic rings. The van der Waals surface area contributed by atoms with Crippen LogP contribution in [0.1, 0.15) is 36.7 Å². The maximum atomic E-state index is 12.2. The zero-order valence-electron chi connectivity index (χ0n) is 16.0. The van der Waals surface area contributed by atoms with Crippen molar-refractivity contribution >= 4 is 33.5 Å². The monoisotopic (exact) mass is 401 g/mol. The van der Waals surface area contributed by atoms with Crippen LogP contribution in [-0.4, -0.2) is 26.8 Å². The number of ketones is 1. The summed E-state index contributed by atoms with van der Waals surface area (Å²) < 4.78 is 31.9. The van der Waals surface area contributed by atoms with Crippen LogP contribution >= 0.6 is 0 Å². The summed E-state index contributed by atoms with van der Waals surface area (Å²) >= 11 is 0. The van der Waals surface area contributed by atoms with Crippen molar-refractivity contribution in [2.75, 3.05) is 11.3 Å². The van der Waals surface area contributed by atoms with Crippen molar-refractivity contribution in [1.82, 2.24) is 0 Å². The van der Waals surface area contributed by atoms with E-state index in [9.17, 15) is 18.0 Å². The first-order valence-electron chi connectivity index (χ1n) is 8.63. The maximum Gasteiger partial charge on any atom is 0.338 e. The number of sulfonamides is 1. The molecule has 0 saturated heterocycles. The van der Waals surface area contributed by atoms with Gasteiger partial charge in [-0.1, -0.05) is 57.2 Å². The van der Waals surface area contributed by atoms with E-state index in [1.165, 1.54) is 30.3 Å². The van der Waals surface area contributed by atoms with Crippen molar-refractivity contribution in [3.8, 4) is 0 Å². The van der Waals surface area contributed by atoms with Gasteiger partial charge in [0.2, 0.25) is 0 Å². The summed E-state index contributed by atoms with van der Waals surface area (Å²) in [6, 6.07) is 14.9. The average molecular weight is 401 g/mol. The Morgan fingerprint density at radius 2 is 1.71 bits per heavy atom. The first kappa shape index (κ1) is 21.4. The van der Waals surface area contributed by atoms with Crippen molar-refractivity contribution < 1.29 is 22.7 Å². The average Bonchev–Trinajstić information content (AvgIpc) is 2.64. The molecule has 0 aliphatic heterocycles. The van der Waals surface area contributed by atoms with E-state index in [0.29, 0.717) is 0 Å². The lowest BCUT2D eigenvalue weighted by Crippen LogP contribution is -2.26. The third kappa shape index (κ3) is 6.66. The molecule has 0 radical (unpaired) electrons. The highest BCUT2D eigenvalue weighted by molar-refractivity contribution is 7.95. The predicted octanol–water partition coefficient (Wildman–Crippen LogP) is 3.87. The number of carbonyl (C=O) groups is 2. The molecule has 0 aromatic heterocycles. The maximum absolute atomic E-state index is 12.2. The van der Waals surface area contributed by atoms with E-state index in [4.69, 9.17) is 4.74 Å². The van der Waals surface area contributed by atoms with Crippen molar-refractivity contribution in [2.45, 2.75) is 20.8 Å². The van der Waals surface area contributed by atoms with Crippen LogP contribution < -0.4 is 4.72 Å². The first-order valence-corrected chi connectivity index (χ1v) is 10.2. The van der Waals surface area contributed by atoms with Gasteiger partial charge in [-0.2, -0.15) is 0 Å². The molecule has 1 N–H and O–H groups in total. The van der Waals surface area contributed by atoms with Gasteiger partial charge in [0.05, 0.1) is 11.0 Å². The summed E-state index contributed by atoms with van der Waals surface area (Å²) in [5.74, 6) is -0.901. The molecule has 0 atom stereocenters. The molecule has 148 valence electrons. The van der Waals surface area contributed by atoms with Gasteiger partial charge in [0, 0.05) is 11.1 Å². The summed E-state index contributed by atoms with van der Waals surface area (Å²) in [7, 11) is -3.76. The Bertz CT molecular complexity index is 973. The SMILES string of the molecule is CC(C)(C)C(=O)COC(=O)c1cccc(NS(=O)(=O)C=Cc2ccccc2)c1. The molecule has 2 aromatic rings. The lowest BCUT2D eigenvalue weighted by atomic mass is 9.91. The van der Waals surface area contributed by atoms with Gasteiger partial charge in [-0.05, 0) is 29.8 Å². The molecule has 0 unspecified atom stereocenters. The van der Waals surface area contributed by atoms with E-state index in [-0.39, 0.29) is 23.6 Å². The Balaban J connectivity index is 2.05. The molecule has 2 rings (SSSR count). The number of ether oxygens (including phenoxy) is 1. The van der Waals surface area contributed by atoms with Gasteiger partial charge in [0.25, 0.3) is 10.0 Å². The summed E-state index contributed by atoms with van der Waals surface area (Å²) in [6.45, 7) is 4.88. The van der Waals surface area contributed by atoms with Gasteiger partial charge in [0.15, 0.2) is 12.4 Å². The van der Waals surface area contributed by atoms with Gasteiger partial charge in [-0.25, -0.2) is 13.2 Å². The van der Waals surface area contributed by atoms with Crippen molar-refractivity contribution in [3.63, 3.8) is 0 Å². The Morgan fingerprint density at radius 1 is 1.04 bits per heavy atom. The Kier molecular flexibility index (Phi) is 6.75. The van der Waals surface area contributed by atoms with E-state index >= 15 is 0 Å². The summed E-state index contributed by atoms with van der Waals surface area (Å²) in [5.41, 5.74) is 0.500. The second-order valence-electron chi connectivity index (χ2n) is 7.19. The second-order valence-corrected chi connectivity index (χ2v) is 8.76. The van der Waals surface area contributed by atoms with Crippen LogP contribution in [0.5, 0.6) is 0 Å². The molecule has 2 aromatic carbocycles. The highest BCUT2D eigenvalue weighted by Crippen LogP contribution is 2.17. The standard InChI is InChI=1S/C21H23NO5S/c1-21(2,3)19(23)15-27-20(24)17-10-7-11-18(14-17)22-28(25,26)13-12-16-8-5-4-6-9-16/h4-14,22H,15H2,1-3H3. The van der Waals surface area contributed by atoms with Crippen molar-refractivity contribution in [2.24, 2.45) is 5.41 Å². The fraction of sp³-hybridized carbons (Fsp3) is 0.238. The number of nitrogens with one attached hydrogen (secondary N) is 1. The molecular formula is C21H23NO5S. The highest BCUT2D eigenvalue weighted by Gasteiger charge is 2.22. The fourth-order valence-corrected chi connectivity index (χ4v) is 2.93. The van der Waals surface area contributed by atoms with Gasteiger partial charge in [0.1, 0.15) is 0 Å². The fourth-order valence-electron chi connectivity index (χ4n) is 2.07. The molecule has 0 bridgehead atoms. The van der Waals surface area contributed by atoms with Gasteiger partial charge in [-0.15, -0.1) is 0 Å². The molecule has 6 nitrogen and oxygen atoms in total. The lowest BCUT2D eigenvalue weighted by Gasteiger charge is -2.16. The van der Waals surface area contributed by atoms with E-state index in [1.807, 2.05) is 6.07 Å². The summed E-state index contributed by atoms with van der Waals surface area (Å²) in [5, 5.41) is 1.05. The van der Waals surface area contributed by atoms with E-state index in [0.717, 1.165) is 11.0 Å². The number of esters is 1. The number of anilines is 1. The minimum absolute atomic E-state index is 0.147. The summed E-state index contributed by atoms with van der Waals surface area (Å²) in [6.07, 6.45) is 1.47. The van der Waals surface area contributed by atoms with Gasteiger partial charge < -0.3 is 4.74 Å². The van der Waals surface area contributed by atoms with Crippen molar-refractivity contribution in [3.05, 3.63) is 71.1 Å². The van der Waals surface area contributed by atoms with E-state index in [2.05, 4.69) is 4.72 Å². The van der Waals surface area contributed by atoms with Crippen LogP contribution in [-0.2, 0) is 19.6 Å². The van der Waals surface area contributed by atoms with Crippen LogP contribution in [0, 0.1) is 5.41 Å². The zero-order chi connectivity index (χ0) is 20.8. The quantitative estimate of drug-likeness (QED) is 0.712. The number of hydrogen-bond donors (Lipinski definition) is 1. The van der Waals surface area contributed by atoms with E-state index < -0.39 is 21.4 Å². The minimum atomic E-state index is -3.76. The zero-order valence-corrected chi connectivity index (χ0v) is 16.8. The second kappa shape index (κ2) is 8.84. The third-order valence-corrected chi connectivity index (χ3v) is 4.78. The molecule has 28 heavy (non-hydrogen) atoms. The molecule has 0 heterocycles. The topological polar surface area (TPSA) is 89.5 Å². The van der Waals surface area contributed by atoms with Gasteiger partial charge in [-0.3, -0.25) is 9.52 Å². The first-order chi connectivity index (χ1) is 13.1. The largest absolute Gasteiger partial charge is 0.454 e. The Labute approximate surface area is 165 Å². The van der Waals surface area contributed by atoms with Crippen LogP contribution in [0.2, 0.25) is 0 Å². The Hall–Kier alpha value is -2.93. The van der Waals surface area contributed by atoms with Crippen LogP contribution in [0.4, 0.5) is 5.69 Å². The normalized spacial score (nSPS) is 12.0.